The smallest absolute Gasteiger partial charge is 0.317 e. The van der Waals surface area contributed by atoms with E-state index in [4.69, 9.17) is 0 Å². The number of aliphatic hydroxyl groups is 2. The van der Waals surface area contributed by atoms with Gasteiger partial charge in [0, 0.05) is 40.3 Å². The number of rotatable bonds is 7. The Kier molecular flexibility index (Phi) is 8.02. The molecule has 0 aromatic rings. The second-order valence-electron chi connectivity index (χ2n) is 20.2. The van der Waals surface area contributed by atoms with Crippen LogP contribution < -0.4 is 5.32 Å². The van der Waals surface area contributed by atoms with E-state index in [2.05, 4.69) is 51.2 Å². The summed E-state index contributed by atoms with van der Waals surface area (Å²) >= 11 is 0. The molecule has 11 atom stereocenters. The van der Waals surface area contributed by atoms with Crippen LogP contribution in [-0.2, 0) is 4.79 Å². The van der Waals surface area contributed by atoms with Gasteiger partial charge in [0.05, 0.1) is 18.2 Å². The van der Waals surface area contributed by atoms with Gasteiger partial charge in [-0.05, 0) is 131 Å². The molecule has 2 amide bonds. The second-order valence-corrected chi connectivity index (χ2v) is 20.2. The van der Waals surface area contributed by atoms with Crippen LogP contribution in [0.4, 0.5) is 4.79 Å². The Balaban J connectivity index is 1.16. The maximum Gasteiger partial charge on any atom is 0.317 e. The number of Topliss-reactive ketones (excluding diaryl/α,β-unsaturated/α-hetero) is 1. The molecule has 272 valence electrons. The fourth-order valence-corrected chi connectivity index (χ4v) is 14.5. The molecule has 0 radical (unpaired) electrons. The lowest BCUT2D eigenvalue weighted by atomic mass is 9.32. The van der Waals surface area contributed by atoms with Crippen molar-refractivity contribution in [1.82, 2.24) is 10.2 Å². The van der Waals surface area contributed by atoms with Crippen molar-refractivity contribution in [3.8, 4) is 0 Å². The third-order valence-electron chi connectivity index (χ3n) is 17.6. The molecule has 0 aromatic heterocycles. The topological polar surface area (TPSA) is 89.9 Å². The molecule has 49 heavy (non-hydrogen) atoms. The SMILES string of the molecule is CC(C)NC(=O)N(CC1CCC2CC1C2(C)C)CC1(O)CCC2C34C=CC5(C=C3C(=O)C3CCCCC3)CC(O)CCC5(C)C4CCC21C. The molecule has 0 saturated heterocycles. The highest BCUT2D eigenvalue weighted by molar-refractivity contribution is 6.00. The van der Waals surface area contributed by atoms with Gasteiger partial charge in [-0.15, -0.1) is 0 Å². The number of allylic oxidation sites excluding steroid dienone is 4. The number of carbonyl (C=O) groups excluding carboxylic acids is 2. The maximum absolute atomic E-state index is 14.9. The molecule has 0 heterocycles. The molecule has 6 heteroatoms. The summed E-state index contributed by atoms with van der Waals surface area (Å²) in [7, 11) is 0. The van der Waals surface area contributed by atoms with Crippen LogP contribution in [0.25, 0.3) is 0 Å². The Hall–Kier alpha value is -1.66. The molecule has 4 bridgehead atoms. The lowest BCUT2D eigenvalue weighted by Crippen LogP contribution is -2.68. The number of nitrogens with zero attached hydrogens (tertiary/aromatic N) is 1. The minimum Gasteiger partial charge on any atom is -0.393 e. The van der Waals surface area contributed by atoms with Crippen molar-refractivity contribution in [3.63, 3.8) is 0 Å². The van der Waals surface area contributed by atoms with Crippen molar-refractivity contribution in [3.05, 3.63) is 23.8 Å². The van der Waals surface area contributed by atoms with Crippen molar-refractivity contribution in [2.24, 2.45) is 62.6 Å². The van der Waals surface area contributed by atoms with Gasteiger partial charge < -0.3 is 20.4 Å². The summed E-state index contributed by atoms with van der Waals surface area (Å²) in [5.41, 5.74) is -0.770. The van der Waals surface area contributed by atoms with Crippen LogP contribution in [0.3, 0.4) is 0 Å². The van der Waals surface area contributed by atoms with E-state index < -0.39 is 16.4 Å². The first-order valence-electron chi connectivity index (χ1n) is 20.5. The van der Waals surface area contributed by atoms with Gasteiger partial charge in [-0.1, -0.05) is 65.2 Å². The van der Waals surface area contributed by atoms with Crippen LogP contribution in [0, 0.1) is 62.6 Å². The van der Waals surface area contributed by atoms with Gasteiger partial charge in [0.15, 0.2) is 5.78 Å². The second kappa shape index (κ2) is 11.4. The van der Waals surface area contributed by atoms with Gasteiger partial charge in [0.2, 0.25) is 0 Å². The molecule has 10 aliphatic rings. The van der Waals surface area contributed by atoms with Crippen molar-refractivity contribution in [1.29, 1.82) is 0 Å². The molecule has 6 nitrogen and oxygen atoms in total. The van der Waals surface area contributed by atoms with Crippen molar-refractivity contribution in [2.75, 3.05) is 13.1 Å². The third kappa shape index (κ3) is 4.69. The number of hydrogen-bond donors (Lipinski definition) is 3. The average molecular weight is 675 g/mol. The predicted molar refractivity (Wildman–Crippen MR) is 193 cm³/mol. The number of nitrogens with one attached hydrogen (secondary N) is 1. The highest BCUT2D eigenvalue weighted by atomic mass is 16.3. The number of ketones is 1. The Labute approximate surface area is 296 Å². The number of amides is 2. The monoisotopic (exact) mass is 675 g/mol. The van der Waals surface area contributed by atoms with Crippen LogP contribution >= 0.6 is 0 Å². The Morgan fingerprint density at radius 1 is 0.898 bits per heavy atom. The van der Waals surface area contributed by atoms with Gasteiger partial charge in [0.1, 0.15) is 0 Å². The standard InChI is InChI=1S/C43H66N2O4/c1-27(2)44-37(48)45(25-29-12-13-30-22-32(29)38(30,3)4)26-42(49)19-16-35-40(42,6)18-15-34-39(5)17-14-31(46)23-41(39)20-21-43(34,35)33(24-41)36(47)28-10-8-7-9-11-28/h20-21,24,27-32,34-35,46,49H,7-19,22-23,25-26H2,1-6H3,(H,44,48). The van der Waals surface area contributed by atoms with E-state index in [9.17, 15) is 19.8 Å². The predicted octanol–water partition coefficient (Wildman–Crippen LogP) is 8.22. The van der Waals surface area contributed by atoms with E-state index in [0.29, 0.717) is 54.9 Å². The van der Waals surface area contributed by atoms with Crippen molar-refractivity contribution >= 4 is 11.8 Å². The normalized spacial score (nSPS) is 47.8. The zero-order valence-corrected chi connectivity index (χ0v) is 31.5. The Morgan fingerprint density at radius 3 is 2.29 bits per heavy atom. The van der Waals surface area contributed by atoms with Gasteiger partial charge in [-0.25, -0.2) is 4.79 Å². The van der Waals surface area contributed by atoms with Gasteiger partial charge in [-0.2, -0.15) is 0 Å². The maximum atomic E-state index is 14.9. The number of urea groups is 1. The first-order chi connectivity index (χ1) is 23.1. The number of carbonyl (C=O) groups is 2. The highest BCUT2D eigenvalue weighted by Crippen LogP contribution is 2.78. The van der Waals surface area contributed by atoms with Gasteiger partial charge in [0.25, 0.3) is 0 Å². The van der Waals surface area contributed by atoms with E-state index >= 15 is 0 Å². The fraction of sp³-hybridized carbons (Fsp3) is 0.860. The Morgan fingerprint density at radius 2 is 1.59 bits per heavy atom. The number of fused-ring (bicyclic) bond motifs is 3. The molecule has 3 N–H and O–H groups in total. The molecule has 0 aliphatic heterocycles. The minimum absolute atomic E-state index is 0.0169. The lowest BCUT2D eigenvalue weighted by molar-refractivity contribution is -0.179. The summed E-state index contributed by atoms with van der Waals surface area (Å²) in [5, 5.41) is 27.4. The van der Waals surface area contributed by atoms with E-state index in [1.807, 2.05) is 18.7 Å². The van der Waals surface area contributed by atoms with Crippen LogP contribution in [0.5, 0.6) is 0 Å². The first-order valence-corrected chi connectivity index (χ1v) is 20.5. The third-order valence-corrected chi connectivity index (χ3v) is 17.6. The molecule has 7 fully saturated rings. The van der Waals surface area contributed by atoms with Crippen LogP contribution in [0.2, 0.25) is 0 Å². The zero-order chi connectivity index (χ0) is 34.8. The molecule has 11 unspecified atom stereocenters. The molecule has 10 rings (SSSR count). The zero-order valence-electron chi connectivity index (χ0n) is 31.5. The molecule has 2 spiro atoms. The summed E-state index contributed by atoms with van der Waals surface area (Å²) in [6.07, 6.45) is 22.0. The van der Waals surface area contributed by atoms with E-state index in [1.54, 1.807) is 0 Å². The average Bonchev–Trinajstić information content (AvgIpc) is 3.34. The van der Waals surface area contributed by atoms with Gasteiger partial charge >= 0.3 is 6.03 Å². The molecule has 10 aliphatic carbocycles. The summed E-state index contributed by atoms with van der Waals surface area (Å²) in [4.78, 5) is 30.9. The molecular formula is C43H66N2O4. The first kappa shape index (κ1) is 34.4. The highest BCUT2D eigenvalue weighted by Gasteiger charge is 2.74. The number of aliphatic hydroxyl groups excluding tert-OH is 1. The largest absolute Gasteiger partial charge is 0.393 e. The van der Waals surface area contributed by atoms with Crippen LogP contribution in [0.15, 0.2) is 23.8 Å². The Bertz CT molecular complexity index is 1430. The van der Waals surface area contributed by atoms with E-state index in [-0.39, 0.29) is 40.8 Å². The molecule has 0 aromatic carbocycles. The molecule has 7 saturated carbocycles. The summed E-state index contributed by atoms with van der Waals surface area (Å²) < 4.78 is 0. The van der Waals surface area contributed by atoms with Crippen LogP contribution in [-0.4, -0.2) is 57.8 Å². The van der Waals surface area contributed by atoms with Gasteiger partial charge in [-0.3, -0.25) is 4.79 Å². The summed E-state index contributed by atoms with van der Waals surface area (Å²) in [6.45, 7) is 14.8. The number of hydrogen-bond acceptors (Lipinski definition) is 4. The van der Waals surface area contributed by atoms with Crippen molar-refractivity contribution < 1.29 is 19.8 Å². The van der Waals surface area contributed by atoms with Crippen molar-refractivity contribution in [2.45, 2.75) is 156 Å². The summed E-state index contributed by atoms with van der Waals surface area (Å²) in [6, 6.07) is -0.00665. The quantitative estimate of drug-likeness (QED) is 0.238. The molecular weight excluding hydrogens is 608 g/mol. The summed E-state index contributed by atoms with van der Waals surface area (Å²) in [5.74, 6) is 2.84. The minimum atomic E-state index is -1.03. The van der Waals surface area contributed by atoms with Crippen LogP contribution in [0.1, 0.15) is 138 Å². The lowest BCUT2D eigenvalue weighted by Gasteiger charge is -2.71. The van der Waals surface area contributed by atoms with E-state index in [1.165, 1.54) is 25.7 Å². The van der Waals surface area contributed by atoms with E-state index in [0.717, 1.165) is 69.3 Å². The fourth-order valence-electron chi connectivity index (χ4n) is 14.5.